The molecule has 7 heteroatoms. The summed E-state index contributed by atoms with van der Waals surface area (Å²) in [6.45, 7) is 3.26. The van der Waals surface area contributed by atoms with E-state index in [0.29, 0.717) is 31.5 Å². The molecule has 0 aliphatic heterocycles. The molecule has 1 amide bonds. The maximum Gasteiger partial charge on any atom is 0.221 e. The molecule has 0 unspecified atom stereocenters. The summed E-state index contributed by atoms with van der Waals surface area (Å²) >= 11 is 1.67. The van der Waals surface area contributed by atoms with Gasteiger partial charge in [0.25, 0.3) is 0 Å². The summed E-state index contributed by atoms with van der Waals surface area (Å²) in [6.07, 6.45) is 8.34. The van der Waals surface area contributed by atoms with Crippen LogP contribution in [0.1, 0.15) is 48.4 Å². The molecule has 128 valence electrons. The Morgan fingerprint density at radius 3 is 2.78 bits per heavy atom. The van der Waals surface area contributed by atoms with Crippen molar-refractivity contribution in [1.29, 1.82) is 0 Å². The van der Waals surface area contributed by atoms with Crippen molar-refractivity contribution < 1.29 is 4.79 Å². The van der Waals surface area contributed by atoms with Crippen molar-refractivity contribution in [2.45, 2.75) is 58.0 Å². The van der Waals surface area contributed by atoms with Crippen LogP contribution in [0.5, 0.6) is 0 Å². The van der Waals surface area contributed by atoms with E-state index in [1.165, 1.54) is 24.1 Å². The molecule has 1 aromatic heterocycles. The monoisotopic (exact) mass is 337 g/mol. The lowest BCUT2D eigenvalue weighted by Crippen LogP contribution is -2.41. The number of rotatable bonds is 6. The highest BCUT2D eigenvalue weighted by Gasteiger charge is 2.15. The molecule has 0 atom stereocenters. The second kappa shape index (κ2) is 9.50. The number of thiazole rings is 1. The first-order chi connectivity index (χ1) is 11.2. The van der Waals surface area contributed by atoms with Crippen molar-refractivity contribution >= 4 is 23.2 Å². The van der Waals surface area contributed by atoms with Gasteiger partial charge in [0.1, 0.15) is 5.01 Å². The molecular weight excluding hydrogens is 310 g/mol. The van der Waals surface area contributed by atoms with Gasteiger partial charge in [0.15, 0.2) is 5.96 Å². The highest BCUT2D eigenvalue weighted by atomic mass is 32.1. The second-order valence-electron chi connectivity index (χ2n) is 5.87. The molecule has 0 bridgehead atoms. The molecule has 1 saturated carbocycles. The molecule has 1 aliphatic rings. The van der Waals surface area contributed by atoms with E-state index in [0.717, 1.165) is 17.8 Å². The van der Waals surface area contributed by atoms with Crippen molar-refractivity contribution in [2.75, 3.05) is 13.6 Å². The largest absolute Gasteiger partial charge is 0.356 e. The van der Waals surface area contributed by atoms with Crippen LogP contribution in [-0.2, 0) is 11.3 Å². The lowest BCUT2D eigenvalue weighted by Gasteiger charge is -2.22. The van der Waals surface area contributed by atoms with Gasteiger partial charge in [0.05, 0.1) is 6.54 Å². The molecule has 0 radical (unpaired) electrons. The Balaban J connectivity index is 1.62. The minimum Gasteiger partial charge on any atom is -0.356 e. The van der Waals surface area contributed by atoms with Crippen molar-refractivity contribution in [2.24, 2.45) is 4.99 Å². The maximum atomic E-state index is 11.9. The number of carbonyl (C=O) groups excluding carboxylic acids is 1. The minimum atomic E-state index is 0.121. The number of aliphatic imine (C=N–C) groups is 1. The van der Waals surface area contributed by atoms with Gasteiger partial charge in [-0.15, -0.1) is 11.3 Å². The molecule has 1 fully saturated rings. The van der Waals surface area contributed by atoms with E-state index < -0.39 is 0 Å². The summed E-state index contributed by atoms with van der Waals surface area (Å²) < 4.78 is 0. The number of amides is 1. The van der Waals surface area contributed by atoms with Crippen LogP contribution >= 0.6 is 11.3 Å². The fourth-order valence-electron chi connectivity index (χ4n) is 2.70. The van der Waals surface area contributed by atoms with Gasteiger partial charge in [-0.05, 0) is 19.8 Å². The summed E-state index contributed by atoms with van der Waals surface area (Å²) in [5.74, 6) is 0.818. The van der Waals surface area contributed by atoms with Crippen LogP contribution in [0.15, 0.2) is 11.2 Å². The third kappa shape index (κ3) is 6.56. The van der Waals surface area contributed by atoms with Crippen LogP contribution in [0.3, 0.4) is 0 Å². The third-order valence-corrected chi connectivity index (χ3v) is 4.83. The number of guanidine groups is 1. The normalized spacial score (nSPS) is 16.2. The first-order valence-corrected chi connectivity index (χ1v) is 9.14. The topological polar surface area (TPSA) is 78.4 Å². The Kier molecular flexibility index (Phi) is 7.32. The standard InChI is InChI=1S/C16H27N5OS/c1-12-10-19-15(23-12)11-20-16(17-2)18-9-8-14(22)21-13-6-4-3-5-7-13/h10,13H,3-9,11H2,1-2H3,(H,21,22)(H2,17,18,20). The fourth-order valence-corrected chi connectivity index (χ4v) is 3.43. The molecule has 23 heavy (non-hydrogen) atoms. The van der Waals surface area contributed by atoms with Gasteiger partial charge in [0.2, 0.25) is 5.91 Å². The highest BCUT2D eigenvalue weighted by molar-refractivity contribution is 7.11. The van der Waals surface area contributed by atoms with E-state index in [1.54, 1.807) is 18.4 Å². The van der Waals surface area contributed by atoms with Crippen LogP contribution in [0, 0.1) is 6.92 Å². The Hall–Kier alpha value is -1.63. The van der Waals surface area contributed by atoms with Crippen molar-refractivity contribution in [3.63, 3.8) is 0 Å². The zero-order chi connectivity index (χ0) is 16.5. The van der Waals surface area contributed by atoms with Crippen LogP contribution in [0.2, 0.25) is 0 Å². The summed E-state index contributed by atoms with van der Waals surface area (Å²) in [6, 6.07) is 0.377. The fraction of sp³-hybridized carbons (Fsp3) is 0.688. The number of nitrogens with zero attached hydrogens (tertiary/aromatic N) is 2. The molecule has 1 aromatic rings. The Morgan fingerprint density at radius 1 is 1.35 bits per heavy atom. The molecule has 3 N–H and O–H groups in total. The summed E-state index contributed by atoms with van der Waals surface area (Å²) in [5, 5.41) is 10.5. The summed E-state index contributed by atoms with van der Waals surface area (Å²) in [7, 11) is 1.73. The van der Waals surface area contributed by atoms with Crippen molar-refractivity contribution in [1.82, 2.24) is 20.9 Å². The Labute approximate surface area is 142 Å². The van der Waals surface area contributed by atoms with E-state index in [1.807, 2.05) is 13.1 Å². The maximum absolute atomic E-state index is 11.9. The van der Waals surface area contributed by atoms with Gasteiger partial charge in [-0.2, -0.15) is 0 Å². The minimum absolute atomic E-state index is 0.121. The first-order valence-electron chi connectivity index (χ1n) is 8.32. The lowest BCUT2D eigenvalue weighted by atomic mass is 9.95. The number of aryl methyl sites for hydroxylation is 1. The van der Waals surface area contributed by atoms with Crippen LogP contribution < -0.4 is 16.0 Å². The molecule has 0 spiro atoms. The average Bonchev–Trinajstić information content (AvgIpc) is 2.97. The Morgan fingerprint density at radius 2 is 2.13 bits per heavy atom. The third-order valence-electron chi connectivity index (χ3n) is 3.91. The van der Waals surface area contributed by atoms with Crippen LogP contribution in [0.4, 0.5) is 0 Å². The molecule has 6 nitrogen and oxygen atoms in total. The van der Waals surface area contributed by atoms with Gasteiger partial charge in [-0.3, -0.25) is 9.79 Å². The molecule has 1 aliphatic carbocycles. The van der Waals surface area contributed by atoms with Gasteiger partial charge < -0.3 is 16.0 Å². The second-order valence-corrected chi connectivity index (χ2v) is 7.19. The smallest absolute Gasteiger partial charge is 0.221 e. The van der Waals surface area contributed by atoms with E-state index in [-0.39, 0.29) is 5.91 Å². The molecule has 0 aromatic carbocycles. The van der Waals surface area contributed by atoms with Gasteiger partial charge in [0, 0.05) is 37.1 Å². The summed E-state index contributed by atoms with van der Waals surface area (Å²) in [4.78, 5) is 21.6. The van der Waals surface area contributed by atoms with Crippen molar-refractivity contribution in [3.05, 3.63) is 16.1 Å². The van der Waals surface area contributed by atoms with Gasteiger partial charge >= 0.3 is 0 Å². The number of aromatic nitrogens is 1. The average molecular weight is 337 g/mol. The number of carbonyl (C=O) groups is 1. The predicted octanol–water partition coefficient (Wildman–Crippen LogP) is 1.96. The molecular formula is C16H27N5OS. The quantitative estimate of drug-likeness (QED) is 0.548. The molecule has 0 saturated heterocycles. The van der Waals surface area contributed by atoms with Crippen molar-refractivity contribution in [3.8, 4) is 0 Å². The first kappa shape index (κ1) is 17.7. The van der Waals surface area contributed by atoms with Gasteiger partial charge in [-0.25, -0.2) is 4.98 Å². The van der Waals surface area contributed by atoms with E-state index >= 15 is 0 Å². The molecule has 2 rings (SSSR count). The zero-order valence-corrected chi connectivity index (χ0v) is 14.8. The SMILES string of the molecule is CN=C(NCCC(=O)NC1CCCCC1)NCc1ncc(C)s1. The summed E-state index contributed by atoms with van der Waals surface area (Å²) in [5.41, 5.74) is 0. The van der Waals surface area contributed by atoms with E-state index in [4.69, 9.17) is 0 Å². The van der Waals surface area contributed by atoms with E-state index in [2.05, 4.69) is 25.9 Å². The van der Waals surface area contributed by atoms with Crippen LogP contribution in [0.25, 0.3) is 0 Å². The predicted molar refractivity (Wildman–Crippen MR) is 94.7 cm³/mol. The Bertz CT molecular complexity index is 522. The number of hydrogen-bond acceptors (Lipinski definition) is 4. The van der Waals surface area contributed by atoms with E-state index in [9.17, 15) is 4.79 Å². The number of hydrogen-bond donors (Lipinski definition) is 3. The molecule has 1 heterocycles. The lowest BCUT2D eigenvalue weighted by molar-refractivity contribution is -0.121. The van der Waals surface area contributed by atoms with Crippen LogP contribution in [-0.4, -0.2) is 36.5 Å². The number of nitrogens with one attached hydrogen (secondary N) is 3. The van der Waals surface area contributed by atoms with Gasteiger partial charge in [-0.1, -0.05) is 19.3 Å². The highest BCUT2D eigenvalue weighted by Crippen LogP contribution is 2.17. The zero-order valence-electron chi connectivity index (χ0n) is 14.0.